The molecular formula is C9H17N3O. The highest BCUT2D eigenvalue weighted by Crippen LogP contribution is 2.24. The summed E-state index contributed by atoms with van der Waals surface area (Å²) in [6, 6.07) is 0. The standard InChI is InChI=1S/C9H17N3O/c1-4-8-9(12(3)5-2)7(6-10)11-13-8/h4-6,10H2,1-3H3. The summed E-state index contributed by atoms with van der Waals surface area (Å²) in [6.45, 7) is 5.50. The summed E-state index contributed by atoms with van der Waals surface area (Å²) in [5.74, 6) is 0.921. The molecule has 1 rings (SSSR count). The van der Waals surface area contributed by atoms with Crippen LogP contribution in [0.15, 0.2) is 4.52 Å². The monoisotopic (exact) mass is 183 g/mol. The molecule has 1 heterocycles. The van der Waals surface area contributed by atoms with Gasteiger partial charge in [-0.3, -0.25) is 0 Å². The van der Waals surface area contributed by atoms with Crippen LogP contribution in [-0.4, -0.2) is 18.7 Å². The number of nitrogens with zero attached hydrogens (tertiary/aromatic N) is 2. The zero-order valence-corrected chi connectivity index (χ0v) is 8.50. The van der Waals surface area contributed by atoms with Crippen LogP contribution >= 0.6 is 0 Å². The molecule has 1 aromatic rings. The van der Waals surface area contributed by atoms with Crippen molar-refractivity contribution in [3.05, 3.63) is 11.5 Å². The van der Waals surface area contributed by atoms with Gasteiger partial charge in [-0.1, -0.05) is 12.1 Å². The van der Waals surface area contributed by atoms with E-state index in [1.54, 1.807) is 0 Å². The van der Waals surface area contributed by atoms with Crippen LogP contribution in [0.1, 0.15) is 25.3 Å². The quantitative estimate of drug-likeness (QED) is 0.760. The fourth-order valence-corrected chi connectivity index (χ4v) is 1.31. The summed E-state index contributed by atoms with van der Waals surface area (Å²) < 4.78 is 5.19. The van der Waals surface area contributed by atoms with Gasteiger partial charge in [0.25, 0.3) is 0 Å². The number of nitrogens with two attached hydrogens (primary N) is 1. The van der Waals surface area contributed by atoms with Crippen LogP contribution in [0.5, 0.6) is 0 Å². The molecule has 0 fully saturated rings. The average molecular weight is 183 g/mol. The predicted molar refractivity (Wildman–Crippen MR) is 52.7 cm³/mol. The summed E-state index contributed by atoms with van der Waals surface area (Å²) >= 11 is 0. The summed E-state index contributed by atoms with van der Waals surface area (Å²) in [4.78, 5) is 2.11. The number of aryl methyl sites for hydroxylation is 1. The topological polar surface area (TPSA) is 55.3 Å². The summed E-state index contributed by atoms with van der Waals surface area (Å²) in [6.07, 6.45) is 0.854. The molecule has 0 amide bonds. The zero-order valence-electron chi connectivity index (χ0n) is 8.50. The van der Waals surface area contributed by atoms with E-state index in [0.717, 1.165) is 30.1 Å². The van der Waals surface area contributed by atoms with Crippen molar-refractivity contribution < 1.29 is 4.52 Å². The Morgan fingerprint density at radius 2 is 2.15 bits per heavy atom. The minimum Gasteiger partial charge on any atom is -0.370 e. The number of aromatic nitrogens is 1. The van der Waals surface area contributed by atoms with Gasteiger partial charge in [0, 0.05) is 26.6 Å². The maximum absolute atomic E-state index is 5.56. The van der Waals surface area contributed by atoms with E-state index in [0.29, 0.717) is 6.54 Å². The van der Waals surface area contributed by atoms with E-state index in [2.05, 4.69) is 17.0 Å². The fraction of sp³-hybridized carbons (Fsp3) is 0.667. The van der Waals surface area contributed by atoms with E-state index in [4.69, 9.17) is 10.3 Å². The third-order valence-corrected chi connectivity index (χ3v) is 2.17. The second-order valence-corrected chi connectivity index (χ2v) is 2.97. The highest BCUT2D eigenvalue weighted by molar-refractivity contribution is 5.53. The van der Waals surface area contributed by atoms with Crippen LogP contribution in [-0.2, 0) is 13.0 Å². The number of anilines is 1. The van der Waals surface area contributed by atoms with Crippen molar-refractivity contribution in [2.75, 3.05) is 18.5 Å². The largest absolute Gasteiger partial charge is 0.370 e. The van der Waals surface area contributed by atoms with Gasteiger partial charge in [0.2, 0.25) is 0 Å². The van der Waals surface area contributed by atoms with Gasteiger partial charge in [-0.15, -0.1) is 0 Å². The van der Waals surface area contributed by atoms with Crippen LogP contribution in [0, 0.1) is 0 Å². The molecule has 0 aliphatic rings. The van der Waals surface area contributed by atoms with Crippen LogP contribution in [0.2, 0.25) is 0 Å². The van der Waals surface area contributed by atoms with Gasteiger partial charge in [-0.05, 0) is 6.92 Å². The minimum absolute atomic E-state index is 0.434. The van der Waals surface area contributed by atoms with Gasteiger partial charge < -0.3 is 15.2 Å². The maximum Gasteiger partial charge on any atom is 0.160 e. The highest BCUT2D eigenvalue weighted by atomic mass is 16.5. The first-order valence-corrected chi connectivity index (χ1v) is 4.63. The Morgan fingerprint density at radius 1 is 1.46 bits per heavy atom. The van der Waals surface area contributed by atoms with Gasteiger partial charge in [-0.2, -0.15) is 0 Å². The molecule has 0 atom stereocenters. The van der Waals surface area contributed by atoms with E-state index in [-0.39, 0.29) is 0 Å². The molecule has 0 spiro atoms. The molecular weight excluding hydrogens is 166 g/mol. The zero-order chi connectivity index (χ0) is 9.84. The van der Waals surface area contributed by atoms with E-state index < -0.39 is 0 Å². The third-order valence-electron chi connectivity index (χ3n) is 2.17. The van der Waals surface area contributed by atoms with Crippen LogP contribution < -0.4 is 10.6 Å². The lowest BCUT2D eigenvalue weighted by Gasteiger charge is -2.16. The normalized spacial score (nSPS) is 10.5. The number of hydrogen-bond donors (Lipinski definition) is 1. The molecule has 74 valence electrons. The molecule has 13 heavy (non-hydrogen) atoms. The molecule has 4 nitrogen and oxygen atoms in total. The molecule has 0 aliphatic heterocycles. The van der Waals surface area contributed by atoms with E-state index in [1.807, 2.05) is 14.0 Å². The lowest BCUT2D eigenvalue weighted by molar-refractivity contribution is 0.381. The predicted octanol–water partition coefficient (Wildman–Crippen LogP) is 1.15. The van der Waals surface area contributed by atoms with Crippen molar-refractivity contribution in [2.24, 2.45) is 5.73 Å². The van der Waals surface area contributed by atoms with Crippen LogP contribution in [0.3, 0.4) is 0 Å². The van der Waals surface area contributed by atoms with Crippen molar-refractivity contribution in [3.63, 3.8) is 0 Å². The third kappa shape index (κ3) is 1.83. The Morgan fingerprint density at radius 3 is 2.62 bits per heavy atom. The Bertz CT molecular complexity index is 248. The molecule has 0 saturated heterocycles. The van der Waals surface area contributed by atoms with Gasteiger partial charge >= 0.3 is 0 Å². The molecule has 0 saturated carbocycles. The van der Waals surface area contributed by atoms with Crippen molar-refractivity contribution in [1.29, 1.82) is 0 Å². The van der Waals surface area contributed by atoms with E-state index in [1.165, 1.54) is 0 Å². The fourth-order valence-electron chi connectivity index (χ4n) is 1.31. The summed E-state index contributed by atoms with van der Waals surface area (Å²) in [5.41, 5.74) is 7.47. The highest BCUT2D eigenvalue weighted by Gasteiger charge is 2.15. The molecule has 1 aromatic heterocycles. The molecule has 0 unspecified atom stereocenters. The first-order chi connectivity index (χ1) is 6.24. The Kier molecular flexibility index (Phi) is 3.31. The summed E-state index contributed by atoms with van der Waals surface area (Å²) in [7, 11) is 2.02. The Hall–Kier alpha value is -1.03. The Balaban J connectivity index is 3.04. The van der Waals surface area contributed by atoms with E-state index in [9.17, 15) is 0 Å². The van der Waals surface area contributed by atoms with Gasteiger partial charge in [0.05, 0.1) is 0 Å². The second kappa shape index (κ2) is 4.28. The van der Waals surface area contributed by atoms with E-state index >= 15 is 0 Å². The first-order valence-electron chi connectivity index (χ1n) is 4.63. The molecule has 4 heteroatoms. The molecule has 0 aliphatic carbocycles. The van der Waals surface area contributed by atoms with Crippen molar-refractivity contribution in [3.8, 4) is 0 Å². The lowest BCUT2D eigenvalue weighted by atomic mass is 10.2. The Labute approximate surface area is 78.7 Å². The average Bonchev–Trinajstić information content (AvgIpc) is 2.59. The maximum atomic E-state index is 5.56. The van der Waals surface area contributed by atoms with Crippen LogP contribution in [0.25, 0.3) is 0 Å². The minimum atomic E-state index is 0.434. The second-order valence-electron chi connectivity index (χ2n) is 2.97. The van der Waals surface area contributed by atoms with Crippen molar-refractivity contribution in [2.45, 2.75) is 26.8 Å². The number of hydrogen-bond acceptors (Lipinski definition) is 4. The molecule has 0 aromatic carbocycles. The molecule has 2 N–H and O–H groups in total. The van der Waals surface area contributed by atoms with Gasteiger partial charge in [0.15, 0.2) is 5.76 Å². The smallest absolute Gasteiger partial charge is 0.160 e. The lowest BCUT2D eigenvalue weighted by Crippen LogP contribution is -2.19. The molecule has 0 radical (unpaired) electrons. The molecule has 0 bridgehead atoms. The van der Waals surface area contributed by atoms with Crippen LogP contribution in [0.4, 0.5) is 5.69 Å². The first kappa shape index (κ1) is 10.1. The number of rotatable bonds is 4. The van der Waals surface area contributed by atoms with Crippen molar-refractivity contribution >= 4 is 5.69 Å². The SMILES string of the molecule is CCc1onc(CN)c1N(C)CC. The van der Waals surface area contributed by atoms with Gasteiger partial charge in [-0.25, -0.2) is 0 Å². The van der Waals surface area contributed by atoms with Gasteiger partial charge in [0.1, 0.15) is 11.4 Å². The van der Waals surface area contributed by atoms with Crippen molar-refractivity contribution in [1.82, 2.24) is 5.16 Å². The summed E-state index contributed by atoms with van der Waals surface area (Å²) in [5, 5.41) is 3.93.